The van der Waals surface area contributed by atoms with Gasteiger partial charge in [-0.15, -0.1) is 0 Å². The van der Waals surface area contributed by atoms with E-state index in [4.69, 9.17) is 0 Å². The van der Waals surface area contributed by atoms with Crippen molar-refractivity contribution < 1.29 is 0 Å². The standard InChI is InChI=1S/2C12H26.6C6H8/c2*1-9-11(5,6)12(7,8)10(2,3)4;6*1-3-5-2-6(3)4(1)5/h2*9H2,1-8H3;6*3-6H,1-2H2. The van der Waals surface area contributed by atoms with Crippen molar-refractivity contribution in [3.8, 4) is 0 Å². The summed E-state index contributed by atoms with van der Waals surface area (Å²) in [6.07, 6.45) is 21.9. The molecule has 0 aromatic carbocycles. The van der Waals surface area contributed by atoms with Crippen molar-refractivity contribution in [3.63, 3.8) is 0 Å². The number of rotatable bonds is 4. The molecule has 30 rings (SSSR count). The summed E-state index contributed by atoms with van der Waals surface area (Å²) in [7, 11) is 0. The minimum Gasteiger partial charge on any atom is -0.0649 e. The van der Waals surface area contributed by atoms with Crippen LogP contribution in [0.5, 0.6) is 0 Å². The SMILES string of the molecule is C1C2C3CC2C13.C1C2C3CC2C13.C1C2C3CC2C13.C1C2C3CC2C13.C1C2C3CC2C13.C1C2C3CC2C13.CCC(C)(C)C(C)(C)C(C)(C)C.CCC(C)(C)C(C)(C)C(C)(C)C. The van der Waals surface area contributed by atoms with Gasteiger partial charge in [-0.3, -0.25) is 0 Å². The van der Waals surface area contributed by atoms with Crippen LogP contribution in [-0.2, 0) is 0 Å². The Morgan fingerprint density at radius 1 is 0.217 bits per heavy atom. The predicted octanol–water partition coefficient (Wildman–Crippen LogP) is 16.6. The lowest BCUT2D eigenvalue weighted by molar-refractivity contribution is -0.283. The third-order valence-corrected chi connectivity index (χ3v) is 28.6. The summed E-state index contributed by atoms with van der Waals surface area (Å²) in [6.45, 7) is 37.6. The van der Waals surface area contributed by atoms with Gasteiger partial charge in [0.2, 0.25) is 0 Å². The Labute approximate surface area is 373 Å². The summed E-state index contributed by atoms with van der Waals surface area (Å²) in [5.41, 5.74) is 2.37. The van der Waals surface area contributed by atoms with Crippen LogP contribution >= 0.6 is 0 Å². The highest BCUT2D eigenvalue weighted by atomic mass is 14.8. The highest BCUT2D eigenvalue weighted by molar-refractivity contribution is 5.21. The predicted molar refractivity (Wildman–Crippen MR) is 254 cm³/mol. The van der Waals surface area contributed by atoms with Gasteiger partial charge in [-0.2, -0.15) is 0 Å². The van der Waals surface area contributed by atoms with E-state index in [9.17, 15) is 0 Å². The average Bonchev–Trinajstić information content (AvgIpc) is 2.96. The number of hydrogen-bond donors (Lipinski definition) is 0. The Balaban J connectivity index is 0.0000000786. The summed E-state index contributed by atoms with van der Waals surface area (Å²) in [5.74, 6) is 30.6. The van der Waals surface area contributed by atoms with E-state index < -0.39 is 0 Å². The third-order valence-electron chi connectivity index (χ3n) is 28.6. The van der Waals surface area contributed by atoms with Crippen LogP contribution in [0.2, 0.25) is 0 Å². The molecule has 0 aromatic heterocycles. The van der Waals surface area contributed by atoms with Crippen molar-refractivity contribution in [1.29, 1.82) is 0 Å². The summed E-state index contributed by atoms with van der Waals surface area (Å²) in [5, 5.41) is 0. The topological polar surface area (TPSA) is 0 Å². The molecule has 0 aliphatic heterocycles. The molecule has 60 heavy (non-hydrogen) atoms. The van der Waals surface area contributed by atoms with Gasteiger partial charge in [0.05, 0.1) is 0 Å². The molecular weight excluding hydrogens is 721 g/mol. The zero-order chi connectivity index (χ0) is 42.8. The maximum atomic E-state index is 2.39. The molecule has 30 saturated carbocycles. The van der Waals surface area contributed by atoms with E-state index in [0.717, 1.165) is 0 Å². The lowest BCUT2D eigenvalue weighted by Gasteiger charge is -2.77. The van der Waals surface area contributed by atoms with E-state index in [2.05, 4.69) is 111 Å². The first-order chi connectivity index (χ1) is 27.9. The summed E-state index contributed by atoms with van der Waals surface area (Å²) in [6, 6.07) is 0. The molecule has 0 atom stereocenters. The lowest BCUT2D eigenvalue weighted by atomic mass is 9.28. The van der Waals surface area contributed by atoms with Crippen LogP contribution in [0.3, 0.4) is 0 Å². The van der Waals surface area contributed by atoms with Crippen LogP contribution in [0.25, 0.3) is 0 Å². The Bertz CT molecular complexity index is 1200. The van der Waals surface area contributed by atoms with Crippen LogP contribution in [0.4, 0.5) is 0 Å². The molecule has 340 valence electrons. The molecule has 24 bridgehead atoms. The molecule has 0 nitrogen and oxygen atoms in total. The molecule has 30 aliphatic rings. The van der Waals surface area contributed by atoms with Crippen molar-refractivity contribution in [2.24, 2.45) is 175 Å². The average molecular weight is 821 g/mol. The summed E-state index contributed by atoms with van der Waals surface area (Å²) >= 11 is 0. The van der Waals surface area contributed by atoms with Gasteiger partial charge in [0.1, 0.15) is 0 Å². The van der Waals surface area contributed by atoms with E-state index in [0.29, 0.717) is 32.5 Å². The molecule has 0 unspecified atom stereocenters. The fourth-order valence-corrected chi connectivity index (χ4v) is 17.1. The smallest absolute Gasteiger partial charge is 0.0254 e. The van der Waals surface area contributed by atoms with E-state index in [1.165, 1.54) is 155 Å². The second-order valence-corrected chi connectivity index (χ2v) is 31.0. The van der Waals surface area contributed by atoms with Crippen LogP contribution in [0.15, 0.2) is 0 Å². The van der Waals surface area contributed by atoms with Crippen LogP contribution in [-0.4, -0.2) is 0 Å². The normalized spacial score (nSPS) is 54.0. The van der Waals surface area contributed by atoms with Crippen molar-refractivity contribution >= 4 is 0 Å². The van der Waals surface area contributed by atoms with E-state index in [1.54, 1.807) is 77.0 Å². The van der Waals surface area contributed by atoms with E-state index in [-0.39, 0.29) is 0 Å². The first kappa shape index (κ1) is 42.6. The molecule has 0 heteroatoms. The van der Waals surface area contributed by atoms with Gasteiger partial charge in [-0.05, 0) is 252 Å². The van der Waals surface area contributed by atoms with Crippen molar-refractivity contribution in [3.05, 3.63) is 0 Å². The third kappa shape index (κ3) is 5.45. The van der Waals surface area contributed by atoms with Gasteiger partial charge in [-0.25, -0.2) is 0 Å². The molecule has 0 N–H and O–H groups in total. The largest absolute Gasteiger partial charge is 0.0649 e. The molecule has 0 spiro atoms. The van der Waals surface area contributed by atoms with Crippen molar-refractivity contribution in [2.45, 2.75) is 201 Å². The minimum absolute atomic E-state index is 0.381. The molecule has 0 aromatic rings. The fraction of sp³-hybridized carbons (Fsp3) is 1.00. The van der Waals surface area contributed by atoms with Gasteiger partial charge in [-0.1, -0.05) is 124 Å². The molecule has 0 saturated heterocycles. The van der Waals surface area contributed by atoms with Gasteiger partial charge in [0, 0.05) is 0 Å². The summed E-state index contributed by atoms with van der Waals surface area (Å²) in [4.78, 5) is 0. The Kier molecular flexibility index (Phi) is 9.47. The molecular formula is C60H100. The number of hydrogen-bond acceptors (Lipinski definition) is 0. The van der Waals surface area contributed by atoms with E-state index >= 15 is 0 Å². The first-order valence-electron chi connectivity index (χ1n) is 27.9. The molecule has 0 radical (unpaired) electrons. The van der Waals surface area contributed by atoms with Gasteiger partial charge >= 0.3 is 0 Å². The Morgan fingerprint density at radius 3 is 0.333 bits per heavy atom. The Morgan fingerprint density at radius 2 is 0.317 bits per heavy atom. The quantitative estimate of drug-likeness (QED) is 0.265. The Hall–Kier alpha value is 0. The zero-order valence-corrected chi connectivity index (χ0v) is 42.8. The first-order valence-corrected chi connectivity index (χ1v) is 27.9. The highest BCUT2D eigenvalue weighted by Gasteiger charge is 2.73. The van der Waals surface area contributed by atoms with Crippen LogP contribution in [0.1, 0.15) is 201 Å². The van der Waals surface area contributed by atoms with Gasteiger partial charge < -0.3 is 0 Å². The van der Waals surface area contributed by atoms with Crippen LogP contribution in [0, 0.1) is 175 Å². The maximum Gasteiger partial charge on any atom is -0.0254 e. The monoisotopic (exact) mass is 821 g/mol. The maximum absolute atomic E-state index is 2.39. The van der Waals surface area contributed by atoms with Crippen LogP contribution < -0.4 is 0 Å². The molecule has 30 fully saturated rings. The summed E-state index contributed by atoms with van der Waals surface area (Å²) < 4.78 is 0. The zero-order valence-electron chi connectivity index (χ0n) is 42.8. The van der Waals surface area contributed by atoms with Crippen molar-refractivity contribution in [2.75, 3.05) is 0 Å². The fourth-order valence-electron chi connectivity index (χ4n) is 17.1. The van der Waals surface area contributed by atoms with E-state index in [1.807, 2.05) is 0 Å². The second kappa shape index (κ2) is 13.3. The van der Waals surface area contributed by atoms with Gasteiger partial charge in [0.25, 0.3) is 0 Å². The molecule has 30 aliphatic carbocycles. The lowest BCUT2D eigenvalue weighted by Crippen LogP contribution is -2.70. The highest BCUT2D eigenvalue weighted by Crippen LogP contribution is 2.80. The molecule has 0 amide bonds. The molecule has 0 heterocycles. The van der Waals surface area contributed by atoms with Crippen molar-refractivity contribution in [1.82, 2.24) is 0 Å². The minimum atomic E-state index is 0.381. The second-order valence-electron chi connectivity index (χ2n) is 31.0. The van der Waals surface area contributed by atoms with Gasteiger partial charge in [0.15, 0.2) is 0 Å².